The summed E-state index contributed by atoms with van der Waals surface area (Å²) < 4.78 is 27.0. The van der Waals surface area contributed by atoms with Crippen molar-refractivity contribution in [3.8, 4) is 5.88 Å². The highest BCUT2D eigenvalue weighted by molar-refractivity contribution is 8.13. The molecule has 4 nitrogen and oxygen atoms in total. The van der Waals surface area contributed by atoms with Crippen LogP contribution in [-0.4, -0.2) is 20.0 Å². The molecule has 0 spiro atoms. The number of hydrogen-bond acceptors (Lipinski definition) is 4. The predicted molar refractivity (Wildman–Crippen MR) is 46.5 cm³/mol. The molecular weight excluding hydrogens is 214 g/mol. The first-order valence-electron chi connectivity index (χ1n) is 3.64. The van der Waals surface area contributed by atoms with Gasteiger partial charge in [-0.25, -0.2) is 13.4 Å². The van der Waals surface area contributed by atoms with Crippen molar-refractivity contribution < 1.29 is 13.2 Å². The zero-order valence-corrected chi connectivity index (χ0v) is 8.10. The Kier molecular flexibility index (Phi) is 1.92. The zero-order chi connectivity index (χ0) is 9.47. The van der Waals surface area contributed by atoms with Crippen LogP contribution in [0.5, 0.6) is 5.88 Å². The van der Waals surface area contributed by atoms with Gasteiger partial charge in [-0.1, -0.05) is 0 Å². The second-order valence-corrected chi connectivity index (χ2v) is 5.24. The highest BCUT2D eigenvalue weighted by Gasteiger charge is 2.18. The van der Waals surface area contributed by atoms with Crippen LogP contribution < -0.4 is 4.74 Å². The van der Waals surface area contributed by atoms with Crippen LogP contribution in [0, 0.1) is 0 Å². The Labute approximate surface area is 79.9 Å². The van der Waals surface area contributed by atoms with E-state index in [9.17, 15) is 8.42 Å². The van der Waals surface area contributed by atoms with Crippen LogP contribution in [0.2, 0.25) is 0 Å². The molecule has 6 heteroatoms. The molecule has 0 N–H and O–H groups in total. The van der Waals surface area contributed by atoms with Crippen LogP contribution >= 0.6 is 10.7 Å². The summed E-state index contributed by atoms with van der Waals surface area (Å²) in [6, 6.07) is 1.50. The van der Waals surface area contributed by atoms with E-state index in [2.05, 4.69) is 4.98 Å². The molecular formula is C7H6ClNO3S. The first kappa shape index (κ1) is 8.77. The summed E-state index contributed by atoms with van der Waals surface area (Å²) in [6.07, 6.45) is 1.88. The summed E-state index contributed by atoms with van der Waals surface area (Å²) in [5.41, 5.74) is 0.793. The van der Waals surface area contributed by atoms with E-state index >= 15 is 0 Å². The van der Waals surface area contributed by atoms with Gasteiger partial charge >= 0.3 is 0 Å². The third-order valence-corrected chi connectivity index (χ3v) is 3.11. The molecule has 0 unspecified atom stereocenters. The lowest BCUT2D eigenvalue weighted by atomic mass is 10.2. The average Bonchev–Trinajstić information content (AvgIpc) is 2.47. The molecule has 0 saturated heterocycles. The Morgan fingerprint density at radius 1 is 1.54 bits per heavy atom. The van der Waals surface area contributed by atoms with Crippen LogP contribution in [0.25, 0.3) is 0 Å². The Morgan fingerprint density at radius 3 is 3.00 bits per heavy atom. The van der Waals surface area contributed by atoms with E-state index in [1.54, 1.807) is 0 Å². The average molecular weight is 220 g/mol. The maximum atomic E-state index is 10.9. The smallest absolute Gasteiger partial charge is 0.262 e. The first-order chi connectivity index (χ1) is 6.07. The van der Waals surface area contributed by atoms with E-state index in [0.29, 0.717) is 18.9 Å². The molecule has 13 heavy (non-hydrogen) atoms. The summed E-state index contributed by atoms with van der Waals surface area (Å²) in [5.74, 6) is 0.504. The van der Waals surface area contributed by atoms with Gasteiger partial charge in [-0.15, -0.1) is 0 Å². The minimum absolute atomic E-state index is 0.0263. The molecule has 0 amide bonds. The number of pyridine rings is 1. The molecule has 70 valence electrons. The molecule has 0 aliphatic carbocycles. The molecule has 0 atom stereocenters. The van der Waals surface area contributed by atoms with Gasteiger partial charge in [-0.3, -0.25) is 0 Å². The lowest BCUT2D eigenvalue weighted by molar-refractivity contribution is 0.344. The predicted octanol–water partition coefficient (Wildman–Crippen LogP) is 0.944. The molecule has 1 aliphatic heterocycles. The van der Waals surface area contributed by atoms with Gasteiger partial charge in [-0.05, 0) is 6.07 Å². The largest absolute Gasteiger partial charge is 0.477 e. The van der Waals surface area contributed by atoms with Crippen molar-refractivity contribution in [2.45, 2.75) is 11.3 Å². The molecule has 1 aromatic heterocycles. The second kappa shape index (κ2) is 2.85. The van der Waals surface area contributed by atoms with Crippen LogP contribution in [0.3, 0.4) is 0 Å². The lowest BCUT2D eigenvalue weighted by Gasteiger charge is -1.98. The van der Waals surface area contributed by atoms with Crippen LogP contribution in [-0.2, 0) is 15.5 Å². The monoisotopic (exact) mass is 219 g/mol. The van der Waals surface area contributed by atoms with Crippen LogP contribution in [0.1, 0.15) is 5.56 Å². The normalized spacial score (nSPS) is 15.2. The molecule has 0 aromatic carbocycles. The second-order valence-electron chi connectivity index (χ2n) is 2.67. The van der Waals surface area contributed by atoms with Crippen molar-refractivity contribution in [3.63, 3.8) is 0 Å². The summed E-state index contributed by atoms with van der Waals surface area (Å²) in [7, 11) is 1.48. The fourth-order valence-corrected chi connectivity index (χ4v) is 1.89. The standard InChI is InChI=1S/C7H6ClNO3S/c8-13(10,11)6-3-5-1-2-12-7(5)9-4-6/h3-4H,1-2H2. The quantitative estimate of drug-likeness (QED) is 0.660. The van der Waals surface area contributed by atoms with Gasteiger partial charge in [0.1, 0.15) is 4.90 Å². The van der Waals surface area contributed by atoms with Crippen molar-refractivity contribution in [3.05, 3.63) is 17.8 Å². The number of ether oxygens (including phenoxy) is 1. The Morgan fingerprint density at radius 2 is 2.31 bits per heavy atom. The molecule has 1 aromatic rings. The van der Waals surface area contributed by atoms with Gasteiger partial charge in [0.15, 0.2) is 0 Å². The molecule has 0 fully saturated rings. The SMILES string of the molecule is O=S(=O)(Cl)c1cnc2c(c1)CCO2. The van der Waals surface area contributed by atoms with Crippen molar-refractivity contribution in [1.29, 1.82) is 0 Å². The van der Waals surface area contributed by atoms with Crippen molar-refractivity contribution in [1.82, 2.24) is 4.98 Å². The minimum atomic E-state index is -3.67. The van der Waals surface area contributed by atoms with Crippen LogP contribution in [0.4, 0.5) is 0 Å². The van der Waals surface area contributed by atoms with Crippen molar-refractivity contribution >= 4 is 19.7 Å². The summed E-state index contributed by atoms with van der Waals surface area (Å²) in [6.45, 7) is 0.550. The third-order valence-electron chi connectivity index (χ3n) is 1.79. The number of rotatable bonds is 1. The number of aromatic nitrogens is 1. The summed E-state index contributed by atoms with van der Waals surface area (Å²) >= 11 is 0. The highest BCUT2D eigenvalue weighted by atomic mass is 35.7. The first-order valence-corrected chi connectivity index (χ1v) is 5.95. The Balaban J connectivity index is 2.54. The van der Waals surface area contributed by atoms with E-state index in [0.717, 1.165) is 5.56 Å². The molecule has 2 rings (SSSR count). The van der Waals surface area contributed by atoms with E-state index in [1.807, 2.05) is 0 Å². The van der Waals surface area contributed by atoms with Crippen LogP contribution in [0.15, 0.2) is 17.2 Å². The molecule has 0 bridgehead atoms. The number of nitrogens with zero attached hydrogens (tertiary/aromatic N) is 1. The molecule has 0 radical (unpaired) electrons. The highest BCUT2D eigenvalue weighted by Crippen LogP contribution is 2.25. The van der Waals surface area contributed by atoms with E-state index in [4.69, 9.17) is 15.4 Å². The fraction of sp³-hybridized carbons (Fsp3) is 0.286. The minimum Gasteiger partial charge on any atom is -0.477 e. The van der Waals surface area contributed by atoms with Gasteiger partial charge in [0.2, 0.25) is 5.88 Å². The van der Waals surface area contributed by atoms with Gasteiger partial charge in [-0.2, -0.15) is 0 Å². The summed E-state index contributed by atoms with van der Waals surface area (Å²) in [5, 5.41) is 0. The van der Waals surface area contributed by atoms with Crippen molar-refractivity contribution in [2.24, 2.45) is 0 Å². The number of halogens is 1. The van der Waals surface area contributed by atoms with Gasteiger partial charge in [0.05, 0.1) is 12.8 Å². The van der Waals surface area contributed by atoms with E-state index < -0.39 is 9.05 Å². The zero-order valence-electron chi connectivity index (χ0n) is 6.53. The molecule has 1 aliphatic rings. The van der Waals surface area contributed by atoms with Crippen molar-refractivity contribution in [2.75, 3.05) is 6.61 Å². The third kappa shape index (κ3) is 1.62. The maximum Gasteiger partial charge on any atom is 0.262 e. The maximum absolute atomic E-state index is 10.9. The van der Waals surface area contributed by atoms with Gasteiger partial charge in [0, 0.05) is 22.7 Å². The fourth-order valence-electron chi connectivity index (χ4n) is 1.18. The molecule has 2 heterocycles. The topological polar surface area (TPSA) is 56.3 Å². The van der Waals surface area contributed by atoms with E-state index in [1.165, 1.54) is 12.3 Å². The molecule has 0 saturated carbocycles. The van der Waals surface area contributed by atoms with E-state index in [-0.39, 0.29) is 4.90 Å². The van der Waals surface area contributed by atoms with Gasteiger partial charge in [0.25, 0.3) is 9.05 Å². The Hall–Kier alpha value is -0.810. The lowest BCUT2D eigenvalue weighted by Crippen LogP contribution is -1.93. The Bertz CT molecular complexity index is 443. The van der Waals surface area contributed by atoms with Gasteiger partial charge < -0.3 is 4.74 Å². The number of fused-ring (bicyclic) bond motifs is 1. The summed E-state index contributed by atoms with van der Waals surface area (Å²) in [4.78, 5) is 3.87. The number of hydrogen-bond donors (Lipinski definition) is 0.